The molecule has 2 N–H and O–H groups in total. The van der Waals surface area contributed by atoms with Gasteiger partial charge in [-0.2, -0.15) is 0 Å². The molecule has 1 aliphatic heterocycles. The number of rotatable bonds is 9. The third-order valence-corrected chi connectivity index (χ3v) is 5.47. The number of carbonyl (C=O) groups excluding carboxylic acids is 3. The molecule has 0 aliphatic carbocycles. The number of carbonyl (C=O) groups is 3. The predicted molar refractivity (Wildman–Crippen MR) is 132 cm³/mol. The van der Waals surface area contributed by atoms with E-state index < -0.39 is 30.4 Å². The third kappa shape index (κ3) is 7.65. The maximum absolute atomic E-state index is 12.1. The standard InChI is InChI=1S/C26H31N3O5/c1-19(27-24(30)15-8-20-6-13-23(33-2)14-7-20)26(32)34-18-25(31)28-21-9-11-22(12-10-21)29-16-4-3-5-17-29/h6-15,19H,3-5,16-18H2,1-2H3,(H,27,30)(H,28,31)/b15-8+. The lowest BCUT2D eigenvalue weighted by molar-refractivity contribution is -0.149. The predicted octanol–water partition coefficient (Wildman–Crippen LogP) is 3.39. The van der Waals surface area contributed by atoms with Crippen molar-refractivity contribution in [3.05, 3.63) is 60.2 Å². The van der Waals surface area contributed by atoms with Gasteiger partial charge in [0.1, 0.15) is 11.8 Å². The second-order valence-electron chi connectivity index (χ2n) is 8.09. The van der Waals surface area contributed by atoms with Gasteiger partial charge in [0, 0.05) is 30.5 Å². The van der Waals surface area contributed by atoms with Gasteiger partial charge in [0.15, 0.2) is 6.61 Å². The maximum atomic E-state index is 12.1. The number of amides is 2. The lowest BCUT2D eigenvalue weighted by Crippen LogP contribution is -2.39. The zero-order chi connectivity index (χ0) is 24.3. The van der Waals surface area contributed by atoms with Crippen molar-refractivity contribution in [3.63, 3.8) is 0 Å². The number of esters is 1. The fourth-order valence-electron chi connectivity index (χ4n) is 3.57. The van der Waals surface area contributed by atoms with Crippen molar-refractivity contribution < 1.29 is 23.9 Å². The summed E-state index contributed by atoms with van der Waals surface area (Å²) in [6, 6.07) is 13.9. The van der Waals surface area contributed by atoms with Gasteiger partial charge in [0.2, 0.25) is 5.91 Å². The minimum Gasteiger partial charge on any atom is -0.497 e. The van der Waals surface area contributed by atoms with Crippen LogP contribution in [-0.4, -0.2) is 50.6 Å². The summed E-state index contributed by atoms with van der Waals surface area (Å²) >= 11 is 0. The molecule has 8 nitrogen and oxygen atoms in total. The van der Waals surface area contributed by atoms with E-state index in [4.69, 9.17) is 9.47 Å². The molecule has 0 radical (unpaired) electrons. The number of nitrogens with one attached hydrogen (secondary N) is 2. The molecule has 1 atom stereocenters. The number of nitrogens with zero attached hydrogens (tertiary/aromatic N) is 1. The Kier molecular flexibility index (Phi) is 9.08. The van der Waals surface area contributed by atoms with E-state index in [1.165, 1.54) is 32.3 Å². The SMILES string of the molecule is COc1ccc(/C=C/C(=O)NC(C)C(=O)OCC(=O)Nc2ccc(N3CCCCC3)cc2)cc1. The fourth-order valence-corrected chi connectivity index (χ4v) is 3.57. The Labute approximate surface area is 199 Å². The van der Waals surface area contributed by atoms with Gasteiger partial charge >= 0.3 is 5.97 Å². The highest BCUT2D eigenvalue weighted by Crippen LogP contribution is 2.21. The van der Waals surface area contributed by atoms with Crippen LogP contribution < -0.4 is 20.3 Å². The van der Waals surface area contributed by atoms with E-state index in [2.05, 4.69) is 15.5 Å². The monoisotopic (exact) mass is 465 g/mol. The molecular formula is C26H31N3O5. The van der Waals surface area contributed by atoms with Crippen LogP contribution in [0.25, 0.3) is 6.08 Å². The Morgan fingerprint density at radius 1 is 1.00 bits per heavy atom. The number of benzene rings is 2. The van der Waals surface area contributed by atoms with Crippen LogP contribution in [-0.2, 0) is 19.1 Å². The summed E-state index contributed by atoms with van der Waals surface area (Å²) in [4.78, 5) is 38.7. The molecule has 2 aromatic rings. The molecule has 34 heavy (non-hydrogen) atoms. The molecule has 3 rings (SSSR count). The first-order valence-electron chi connectivity index (χ1n) is 11.4. The second kappa shape index (κ2) is 12.4. The smallest absolute Gasteiger partial charge is 0.328 e. The quantitative estimate of drug-likeness (QED) is 0.435. The topological polar surface area (TPSA) is 97.0 Å². The average molecular weight is 466 g/mol. The van der Waals surface area contributed by atoms with Crippen LogP contribution in [0.15, 0.2) is 54.6 Å². The molecule has 1 unspecified atom stereocenters. The molecule has 8 heteroatoms. The highest BCUT2D eigenvalue weighted by Gasteiger charge is 2.17. The first-order chi connectivity index (χ1) is 16.4. The van der Waals surface area contributed by atoms with Gasteiger partial charge in [-0.05, 0) is 74.2 Å². The zero-order valence-corrected chi connectivity index (χ0v) is 19.6. The number of anilines is 2. The summed E-state index contributed by atoms with van der Waals surface area (Å²) in [5, 5.41) is 5.23. The molecule has 2 aromatic carbocycles. The van der Waals surface area contributed by atoms with Crippen molar-refractivity contribution >= 4 is 35.2 Å². The van der Waals surface area contributed by atoms with Crippen LogP contribution in [0.4, 0.5) is 11.4 Å². The summed E-state index contributed by atoms with van der Waals surface area (Å²) in [5.41, 5.74) is 2.58. The number of methoxy groups -OCH3 is 1. The number of piperidine rings is 1. The molecule has 1 aliphatic rings. The minimum atomic E-state index is -0.898. The molecule has 1 fully saturated rings. The first-order valence-corrected chi connectivity index (χ1v) is 11.4. The van der Waals surface area contributed by atoms with Crippen LogP contribution in [0.5, 0.6) is 5.75 Å². The Balaban J connectivity index is 1.39. The Hall–Kier alpha value is -3.81. The maximum Gasteiger partial charge on any atom is 0.328 e. The van der Waals surface area contributed by atoms with Crippen LogP contribution in [0.3, 0.4) is 0 Å². The summed E-state index contributed by atoms with van der Waals surface area (Å²) in [6.07, 6.45) is 6.61. The Bertz CT molecular complexity index is 996. The summed E-state index contributed by atoms with van der Waals surface area (Å²) in [7, 11) is 1.58. The van der Waals surface area contributed by atoms with E-state index in [1.54, 1.807) is 37.5 Å². The minimum absolute atomic E-state index is 0.436. The normalized spacial score (nSPS) is 14.4. The third-order valence-electron chi connectivity index (χ3n) is 5.47. The second-order valence-corrected chi connectivity index (χ2v) is 8.09. The van der Waals surface area contributed by atoms with Gasteiger partial charge in [-0.25, -0.2) is 4.79 Å². The molecule has 0 spiro atoms. The molecular weight excluding hydrogens is 434 g/mol. The van der Waals surface area contributed by atoms with Crippen LogP contribution in [0, 0.1) is 0 Å². The van der Waals surface area contributed by atoms with E-state index in [0.29, 0.717) is 5.69 Å². The van der Waals surface area contributed by atoms with Crippen molar-refractivity contribution in [1.29, 1.82) is 0 Å². The van der Waals surface area contributed by atoms with E-state index >= 15 is 0 Å². The first kappa shape index (κ1) is 24.8. The van der Waals surface area contributed by atoms with Crippen molar-refractivity contribution in [1.82, 2.24) is 5.32 Å². The van der Waals surface area contributed by atoms with Crippen molar-refractivity contribution in [2.24, 2.45) is 0 Å². The lowest BCUT2D eigenvalue weighted by Gasteiger charge is -2.28. The molecule has 0 aromatic heterocycles. The molecule has 180 valence electrons. The zero-order valence-electron chi connectivity index (χ0n) is 19.6. The number of hydrogen-bond donors (Lipinski definition) is 2. The molecule has 0 bridgehead atoms. The van der Waals surface area contributed by atoms with E-state index in [1.807, 2.05) is 24.3 Å². The average Bonchev–Trinajstić information content (AvgIpc) is 2.87. The van der Waals surface area contributed by atoms with E-state index in [-0.39, 0.29) is 0 Å². The van der Waals surface area contributed by atoms with Crippen molar-refractivity contribution in [3.8, 4) is 5.75 Å². The highest BCUT2D eigenvalue weighted by molar-refractivity contribution is 5.96. The Morgan fingerprint density at radius 2 is 1.68 bits per heavy atom. The molecule has 0 saturated carbocycles. The van der Waals surface area contributed by atoms with E-state index in [0.717, 1.165) is 30.1 Å². The fraction of sp³-hybridized carbons (Fsp3) is 0.346. The summed E-state index contributed by atoms with van der Waals surface area (Å²) < 4.78 is 10.1. The molecule has 1 saturated heterocycles. The van der Waals surface area contributed by atoms with Gasteiger partial charge < -0.3 is 25.0 Å². The Morgan fingerprint density at radius 3 is 2.32 bits per heavy atom. The van der Waals surface area contributed by atoms with Crippen LogP contribution in [0.2, 0.25) is 0 Å². The van der Waals surface area contributed by atoms with Gasteiger partial charge in [-0.3, -0.25) is 9.59 Å². The lowest BCUT2D eigenvalue weighted by atomic mass is 10.1. The van der Waals surface area contributed by atoms with Gasteiger partial charge in [-0.15, -0.1) is 0 Å². The van der Waals surface area contributed by atoms with Gasteiger partial charge in [-0.1, -0.05) is 12.1 Å². The number of ether oxygens (including phenoxy) is 2. The number of hydrogen-bond acceptors (Lipinski definition) is 6. The summed E-state index contributed by atoms with van der Waals surface area (Å²) in [5.74, 6) is -0.867. The van der Waals surface area contributed by atoms with Gasteiger partial charge in [0.25, 0.3) is 5.91 Å². The van der Waals surface area contributed by atoms with Crippen molar-refractivity contribution in [2.75, 3.05) is 37.0 Å². The van der Waals surface area contributed by atoms with Crippen LogP contribution >= 0.6 is 0 Å². The van der Waals surface area contributed by atoms with E-state index in [9.17, 15) is 14.4 Å². The summed E-state index contributed by atoms with van der Waals surface area (Å²) in [6.45, 7) is 3.16. The van der Waals surface area contributed by atoms with Crippen molar-refractivity contribution in [2.45, 2.75) is 32.2 Å². The largest absolute Gasteiger partial charge is 0.497 e. The molecule has 1 heterocycles. The van der Waals surface area contributed by atoms with Crippen LogP contribution in [0.1, 0.15) is 31.7 Å². The highest BCUT2D eigenvalue weighted by atomic mass is 16.5. The van der Waals surface area contributed by atoms with Gasteiger partial charge in [0.05, 0.1) is 7.11 Å². The molecule has 2 amide bonds.